The van der Waals surface area contributed by atoms with Crippen molar-refractivity contribution in [2.45, 2.75) is 47.2 Å². The number of ether oxygens (including phenoxy) is 1. The molecule has 0 saturated heterocycles. The summed E-state index contributed by atoms with van der Waals surface area (Å²) in [6, 6.07) is 0. The SMILES string of the molecule is FC(F)(OC(F)(F)C1(F)C(F)(F)C1(F)F)C1(F)C(F)(F)C1(F)F. The van der Waals surface area contributed by atoms with Crippen LogP contribution >= 0.6 is 0 Å². The largest absolute Gasteiger partial charge is 0.407 e. The maximum atomic E-state index is 13.0. The van der Waals surface area contributed by atoms with E-state index < -0.39 is 47.2 Å². The summed E-state index contributed by atoms with van der Waals surface area (Å²) in [5.74, 6) is -25.2. The maximum Gasteiger partial charge on any atom is 0.407 e. The molecule has 0 unspecified atom stereocenters. The number of alkyl halides is 14. The van der Waals surface area contributed by atoms with Crippen LogP contribution in [0.25, 0.3) is 0 Å². The first-order chi connectivity index (χ1) is 9.71. The minimum absolute atomic E-state index is 1.69. The van der Waals surface area contributed by atoms with Gasteiger partial charge < -0.3 is 0 Å². The van der Waals surface area contributed by atoms with Crippen molar-refractivity contribution in [3.63, 3.8) is 0 Å². The van der Waals surface area contributed by atoms with Gasteiger partial charge in [0, 0.05) is 0 Å². The molecule has 0 atom stereocenters. The fourth-order valence-corrected chi connectivity index (χ4v) is 1.81. The second-order valence-electron chi connectivity index (χ2n) is 4.75. The highest BCUT2D eigenvalue weighted by Crippen LogP contribution is 2.77. The second-order valence-corrected chi connectivity index (χ2v) is 4.75. The van der Waals surface area contributed by atoms with Gasteiger partial charge in [0.15, 0.2) is 0 Å². The van der Waals surface area contributed by atoms with Crippen molar-refractivity contribution in [3.05, 3.63) is 0 Å². The Kier molecular flexibility index (Phi) is 2.90. The van der Waals surface area contributed by atoms with Crippen LogP contribution in [0.2, 0.25) is 0 Å². The quantitative estimate of drug-likeness (QED) is 0.668. The Morgan fingerprint density at radius 3 is 0.739 bits per heavy atom. The third-order valence-electron chi connectivity index (χ3n) is 3.45. The van der Waals surface area contributed by atoms with Gasteiger partial charge in [-0.05, 0) is 0 Å². The molecule has 0 aliphatic heterocycles. The summed E-state index contributed by atoms with van der Waals surface area (Å²) in [5.41, 5.74) is -12.9. The molecule has 2 aliphatic carbocycles. The summed E-state index contributed by atoms with van der Waals surface area (Å²) in [4.78, 5) is 0. The minimum Gasteiger partial charge on any atom is -0.249 e. The van der Waals surface area contributed by atoms with Crippen LogP contribution in [0.4, 0.5) is 61.5 Å². The summed E-state index contributed by atoms with van der Waals surface area (Å²) in [5, 5.41) is 0. The smallest absolute Gasteiger partial charge is 0.249 e. The molecule has 2 fully saturated rings. The van der Waals surface area contributed by atoms with Crippen molar-refractivity contribution in [2.75, 3.05) is 0 Å². The predicted octanol–water partition coefficient (Wildman–Crippen LogP) is 4.17. The number of hydrogen-bond acceptors (Lipinski definition) is 1. The van der Waals surface area contributed by atoms with Crippen LogP contribution in [0.5, 0.6) is 0 Å². The molecule has 0 heterocycles. The van der Waals surface area contributed by atoms with Crippen molar-refractivity contribution >= 4 is 0 Å². The molecule has 0 aromatic carbocycles. The molecule has 136 valence electrons. The molecular formula is C8F14O. The Balaban J connectivity index is 2.37. The van der Waals surface area contributed by atoms with Crippen molar-refractivity contribution in [3.8, 4) is 0 Å². The standard InChI is InChI=1S/C8F14O/c9-1(3(11,12)4(1,13)14)7(19,20)23-8(21,22)2(10)5(15,16)6(2,17)18. The molecule has 2 aliphatic rings. The van der Waals surface area contributed by atoms with E-state index in [0.717, 1.165) is 0 Å². The Morgan fingerprint density at radius 2 is 0.609 bits per heavy atom. The third-order valence-corrected chi connectivity index (χ3v) is 3.45. The summed E-state index contributed by atoms with van der Waals surface area (Å²) in [6.45, 7) is 0. The van der Waals surface area contributed by atoms with Gasteiger partial charge in [-0.2, -0.15) is 52.7 Å². The summed E-state index contributed by atoms with van der Waals surface area (Å²) in [6.07, 6.45) is -14.0. The molecule has 1 nitrogen and oxygen atoms in total. The normalized spacial score (nSPS) is 31.6. The van der Waals surface area contributed by atoms with Crippen molar-refractivity contribution in [1.82, 2.24) is 0 Å². The molecule has 2 rings (SSSR count). The van der Waals surface area contributed by atoms with Crippen LogP contribution in [0, 0.1) is 0 Å². The zero-order valence-electron chi connectivity index (χ0n) is 9.70. The first-order valence-corrected chi connectivity index (χ1v) is 5.05. The predicted molar refractivity (Wildman–Crippen MR) is 38.4 cm³/mol. The highest BCUT2D eigenvalue weighted by molar-refractivity contribution is 5.35. The molecular weight excluding hydrogens is 378 g/mol. The molecule has 0 spiro atoms. The highest BCUT2D eigenvalue weighted by Gasteiger charge is 3.11. The Hall–Kier alpha value is -1.02. The topological polar surface area (TPSA) is 9.23 Å². The molecule has 15 heteroatoms. The highest BCUT2D eigenvalue weighted by atomic mass is 19.4. The second kappa shape index (κ2) is 3.64. The van der Waals surface area contributed by atoms with Crippen LogP contribution in [0.3, 0.4) is 0 Å². The van der Waals surface area contributed by atoms with Crippen molar-refractivity contribution in [2.24, 2.45) is 0 Å². The first-order valence-electron chi connectivity index (χ1n) is 5.05. The zero-order chi connectivity index (χ0) is 18.7. The molecule has 0 bridgehead atoms. The molecule has 2 saturated carbocycles. The van der Waals surface area contributed by atoms with Gasteiger partial charge >= 0.3 is 47.2 Å². The third kappa shape index (κ3) is 1.42. The average Bonchev–Trinajstić information content (AvgIpc) is 2.81. The van der Waals surface area contributed by atoms with E-state index in [1.54, 1.807) is 4.74 Å². The van der Waals surface area contributed by atoms with Gasteiger partial charge in [-0.25, -0.2) is 13.5 Å². The fourth-order valence-electron chi connectivity index (χ4n) is 1.81. The molecule has 0 aromatic rings. The molecule has 0 radical (unpaired) electrons. The van der Waals surface area contributed by atoms with Crippen molar-refractivity contribution < 1.29 is 66.2 Å². The molecule has 0 N–H and O–H groups in total. The monoisotopic (exact) mass is 378 g/mol. The molecule has 0 amide bonds. The van der Waals surface area contributed by atoms with E-state index >= 15 is 0 Å². The van der Waals surface area contributed by atoms with Gasteiger partial charge in [0.2, 0.25) is 0 Å². The van der Waals surface area contributed by atoms with Gasteiger partial charge in [-0.3, -0.25) is 0 Å². The number of hydrogen-bond donors (Lipinski definition) is 0. The van der Waals surface area contributed by atoms with E-state index in [1.165, 1.54) is 0 Å². The average molecular weight is 378 g/mol. The van der Waals surface area contributed by atoms with Crippen LogP contribution in [0.15, 0.2) is 0 Å². The first kappa shape index (κ1) is 18.3. The van der Waals surface area contributed by atoms with Gasteiger partial charge in [-0.1, -0.05) is 0 Å². The lowest BCUT2D eigenvalue weighted by molar-refractivity contribution is -0.431. The van der Waals surface area contributed by atoms with E-state index in [1.807, 2.05) is 0 Å². The van der Waals surface area contributed by atoms with Gasteiger partial charge in [0.25, 0.3) is 0 Å². The summed E-state index contributed by atoms with van der Waals surface area (Å²) < 4.78 is 178. The van der Waals surface area contributed by atoms with E-state index in [9.17, 15) is 61.5 Å². The zero-order valence-corrected chi connectivity index (χ0v) is 9.70. The van der Waals surface area contributed by atoms with Crippen molar-refractivity contribution in [1.29, 1.82) is 0 Å². The van der Waals surface area contributed by atoms with Crippen LogP contribution in [-0.2, 0) is 4.74 Å². The maximum absolute atomic E-state index is 13.0. The Bertz CT molecular complexity index is 473. The lowest BCUT2D eigenvalue weighted by atomic mass is 10.3. The molecule has 23 heavy (non-hydrogen) atoms. The van der Waals surface area contributed by atoms with E-state index in [2.05, 4.69) is 0 Å². The molecule has 0 aromatic heterocycles. The number of halogens is 14. The minimum atomic E-state index is -6.99. The lowest BCUT2D eigenvalue weighted by Gasteiger charge is -2.27. The van der Waals surface area contributed by atoms with Gasteiger partial charge in [0.05, 0.1) is 0 Å². The lowest BCUT2D eigenvalue weighted by Crippen LogP contribution is -2.52. The van der Waals surface area contributed by atoms with E-state index in [-0.39, 0.29) is 0 Å². The van der Waals surface area contributed by atoms with E-state index in [0.29, 0.717) is 0 Å². The van der Waals surface area contributed by atoms with Crippen LogP contribution in [-0.4, -0.2) is 47.2 Å². The summed E-state index contributed by atoms with van der Waals surface area (Å²) in [7, 11) is 0. The Labute approximate surface area is 115 Å². The summed E-state index contributed by atoms with van der Waals surface area (Å²) >= 11 is 0. The number of rotatable bonds is 4. The van der Waals surface area contributed by atoms with E-state index in [4.69, 9.17) is 0 Å². The van der Waals surface area contributed by atoms with Crippen LogP contribution in [0.1, 0.15) is 0 Å². The van der Waals surface area contributed by atoms with Gasteiger partial charge in [0.1, 0.15) is 0 Å². The Morgan fingerprint density at radius 1 is 0.435 bits per heavy atom. The van der Waals surface area contributed by atoms with Crippen LogP contribution < -0.4 is 0 Å². The van der Waals surface area contributed by atoms with Gasteiger partial charge in [-0.15, -0.1) is 0 Å². The fraction of sp³-hybridized carbons (Fsp3) is 1.00.